The monoisotopic (exact) mass is 491 g/mol. The van der Waals surface area contributed by atoms with Crippen LogP contribution in [0.15, 0.2) is 59.1 Å². The molecule has 0 radical (unpaired) electrons. The quantitative estimate of drug-likeness (QED) is 0.456. The first-order valence-electron chi connectivity index (χ1n) is 12.2. The molecule has 1 aliphatic rings. The summed E-state index contributed by atoms with van der Waals surface area (Å²) in [6.45, 7) is 7.59. The number of carbonyl (C=O) groups is 2. The molecule has 2 heterocycles. The van der Waals surface area contributed by atoms with Gasteiger partial charge in [0.05, 0.1) is 24.8 Å². The smallest absolute Gasteiger partial charge is 0.337 e. The molecule has 1 aliphatic heterocycles. The largest absolute Gasteiger partial charge is 0.465 e. The number of esters is 1. The Morgan fingerprint density at radius 3 is 2.31 bits per heavy atom. The number of hydrogen-bond acceptors (Lipinski definition) is 8. The van der Waals surface area contributed by atoms with E-state index in [1.54, 1.807) is 12.1 Å². The lowest BCUT2D eigenvalue weighted by molar-refractivity contribution is -0.126. The first-order valence-corrected chi connectivity index (χ1v) is 12.2. The summed E-state index contributed by atoms with van der Waals surface area (Å²) in [5.74, 6) is 0.917. The maximum absolute atomic E-state index is 12.8. The highest BCUT2D eigenvalue weighted by Gasteiger charge is 2.29. The molecule has 9 heteroatoms. The van der Waals surface area contributed by atoms with Gasteiger partial charge in [0, 0.05) is 39.1 Å². The molecule has 0 aliphatic carbocycles. The number of nitrogens with one attached hydrogen (secondary N) is 1. The van der Waals surface area contributed by atoms with Crippen molar-refractivity contribution < 1.29 is 18.8 Å². The average molecular weight is 492 g/mol. The number of amides is 1. The lowest BCUT2D eigenvalue weighted by atomic mass is 10.1. The second-order valence-electron chi connectivity index (χ2n) is 9.04. The van der Waals surface area contributed by atoms with E-state index in [2.05, 4.69) is 44.3 Å². The highest BCUT2D eigenvalue weighted by Crippen LogP contribution is 2.21. The van der Waals surface area contributed by atoms with Crippen LogP contribution in [0.25, 0.3) is 0 Å². The number of methoxy groups -OCH3 is 1. The Morgan fingerprint density at radius 2 is 1.64 bits per heavy atom. The minimum absolute atomic E-state index is 0.0151. The van der Waals surface area contributed by atoms with E-state index in [4.69, 9.17) is 9.26 Å². The van der Waals surface area contributed by atoms with E-state index in [-0.39, 0.29) is 24.0 Å². The van der Waals surface area contributed by atoms with Crippen LogP contribution in [0.1, 0.15) is 53.1 Å². The first-order chi connectivity index (χ1) is 17.4. The Morgan fingerprint density at radius 1 is 0.972 bits per heavy atom. The van der Waals surface area contributed by atoms with Crippen molar-refractivity contribution in [2.24, 2.45) is 0 Å². The molecule has 2 atom stereocenters. The molecule has 190 valence electrons. The molecule has 3 aromatic rings. The highest BCUT2D eigenvalue weighted by atomic mass is 16.5. The predicted molar refractivity (Wildman–Crippen MR) is 134 cm³/mol. The van der Waals surface area contributed by atoms with E-state index in [1.165, 1.54) is 7.11 Å². The van der Waals surface area contributed by atoms with Gasteiger partial charge in [-0.05, 0) is 37.1 Å². The Hall–Kier alpha value is -3.56. The number of hydrogen-bond donors (Lipinski definition) is 1. The van der Waals surface area contributed by atoms with E-state index in [0.29, 0.717) is 30.2 Å². The van der Waals surface area contributed by atoms with Crippen molar-refractivity contribution >= 4 is 11.9 Å². The molecular formula is C27H33N5O4. The van der Waals surface area contributed by atoms with Crippen molar-refractivity contribution in [1.82, 2.24) is 25.3 Å². The van der Waals surface area contributed by atoms with Crippen LogP contribution < -0.4 is 5.32 Å². The topological polar surface area (TPSA) is 101 Å². The Labute approximate surface area is 211 Å². The lowest BCUT2D eigenvalue weighted by Crippen LogP contribution is -2.54. The molecule has 1 N–H and O–H groups in total. The Balaban J connectivity index is 1.23. The van der Waals surface area contributed by atoms with Crippen LogP contribution in [0.4, 0.5) is 0 Å². The maximum atomic E-state index is 12.8. The zero-order chi connectivity index (χ0) is 25.5. The van der Waals surface area contributed by atoms with E-state index < -0.39 is 0 Å². The molecule has 36 heavy (non-hydrogen) atoms. The van der Waals surface area contributed by atoms with Crippen LogP contribution in [0.5, 0.6) is 0 Å². The summed E-state index contributed by atoms with van der Waals surface area (Å²) in [6, 6.07) is 16.9. The van der Waals surface area contributed by atoms with Crippen LogP contribution in [0.3, 0.4) is 0 Å². The standard InChI is InChI=1S/C27H33N5O4/c1-19(25(33)28-18-22-9-11-23(12-10-22)27(34)35-3)31-13-15-32(16-14-31)20(2)26-29-24(30-36-26)17-21-7-5-4-6-8-21/h4-12,19-20H,13-18H2,1-3H3,(H,28,33)/t19-,20-/m0/s1. The lowest BCUT2D eigenvalue weighted by Gasteiger charge is -2.39. The Kier molecular flexibility index (Phi) is 8.45. The second kappa shape index (κ2) is 11.9. The van der Waals surface area contributed by atoms with Crippen LogP contribution >= 0.6 is 0 Å². The van der Waals surface area contributed by atoms with Crippen LogP contribution in [0, 0.1) is 0 Å². The van der Waals surface area contributed by atoms with Gasteiger partial charge in [0.1, 0.15) is 0 Å². The minimum atomic E-state index is -0.376. The van der Waals surface area contributed by atoms with E-state index in [0.717, 1.165) is 37.3 Å². The second-order valence-corrected chi connectivity index (χ2v) is 9.04. The number of carbonyl (C=O) groups excluding carboxylic acids is 2. The maximum Gasteiger partial charge on any atom is 0.337 e. The van der Waals surface area contributed by atoms with Crippen LogP contribution in [-0.2, 0) is 22.5 Å². The number of ether oxygens (including phenoxy) is 1. The molecule has 0 bridgehead atoms. The third-order valence-electron chi connectivity index (χ3n) is 6.71. The SMILES string of the molecule is COC(=O)c1ccc(CNC(=O)[C@H](C)N2CCN([C@@H](C)c3nc(Cc4ccccc4)no3)CC2)cc1. The number of nitrogens with zero attached hydrogens (tertiary/aromatic N) is 4. The molecule has 4 rings (SSSR count). The zero-order valence-electron chi connectivity index (χ0n) is 21.0. The van der Waals surface area contributed by atoms with Crippen molar-refractivity contribution in [3.05, 3.63) is 83.0 Å². The molecule has 1 aromatic heterocycles. The third-order valence-corrected chi connectivity index (χ3v) is 6.71. The summed E-state index contributed by atoms with van der Waals surface area (Å²) >= 11 is 0. The van der Waals surface area contributed by atoms with Crippen LogP contribution in [-0.4, -0.2) is 71.1 Å². The Bertz CT molecular complexity index is 1140. The number of benzene rings is 2. The summed E-state index contributed by atoms with van der Waals surface area (Å²) < 4.78 is 10.3. The molecular weight excluding hydrogens is 458 g/mol. The van der Waals surface area contributed by atoms with Crippen molar-refractivity contribution in [3.8, 4) is 0 Å². The average Bonchev–Trinajstić information content (AvgIpc) is 3.39. The summed E-state index contributed by atoms with van der Waals surface area (Å²) in [6.07, 6.45) is 0.646. The summed E-state index contributed by atoms with van der Waals surface area (Å²) in [4.78, 5) is 33.4. The van der Waals surface area contributed by atoms with Gasteiger partial charge in [-0.2, -0.15) is 4.98 Å². The number of rotatable bonds is 9. The van der Waals surface area contributed by atoms with Gasteiger partial charge < -0.3 is 14.6 Å². The van der Waals surface area contributed by atoms with E-state index in [9.17, 15) is 9.59 Å². The molecule has 1 fully saturated rings. The molecule has 0 saturated carbocycles. The third kappa shape index (κ3) is 6.35. The van der Waals surface area contributed by atoms with Crippen molar-refractivity contribution in [2.75, 3.05) is 33.3 Å². The molecule has 1 amide bonds. The van der Waals surface area contributed by atoms with Gasteiger partial charge in [-0.25, -0.2) is 4.79 Å². The fourth-order valence-corrected chi connectivity index (χ4v) is 4.33. The predicted octanol–water partition coefficient (Wildman–Crippen LogP) is 2.83. The van der Waals surface area contributed by atoms with Gasteiger partial charge in [0.25, 0.3) is 0 Å². The van der Waals surface area contributed by atoms with Crippen LogP contribution in [0.2, 0.25) is 0 Å². The molecule has 0 unspecified atom stereocenters. The van der Waals surface area contributed by atoms with Gasteiger partial charge in [0.15, 0.2) is 5.82 Å². The summed E-state index contributed by atoms with van der Waals surface area (Å²) in [7, 11) is 1.35. The number of aromatic nitrogens is 2. The number of piperazine rings is 1. The van der Waals surface area contributed by atoms with Gasteiger partial charge in [0.2, 0.25) is 11.8 Å². The van der Waals surface area contributed by atoms with Gasteiger partial charge in [-0.3, -0.25) is 14.6 Å². The molecule has 2 aromatic carbocycles. The normalized spacial score (nSPS) is 16.3. The summed E-state index contributed by atoms with van der Waals surface area (Å²) in [5, 5.41) is 7.16. The molecule has 1 saturated heterocycles. The van der Waals surface area contributed by atoms with Gasteiger partial charge in [-0.1, -0.05) is 47.6 Å². The molecule has 0 spiro atoms. The molecule has 9 nitrogen and oxygen atoms in total. The van der Waals surface area contributed by atoms with Crippen molar-refractivity contribution in [2.45, 2.75) is 38.9 Å². The van der Waals surface area contributed by atoms with E-state index in [1.807, 2.05) is 37.3 Å². The minimum Gasteiger partial charge on any atom is -0.465 e. The fraction of sp³-hybridized carbons (Fsp3) is 0.407. The van der Waals surface area contributed by atoms with E-state index >= 15 is 0 Å². The highest BCUT2D eigenvalue weighted by molar-refractivity contribution is 5.89. The summed E-state index contributed by atoms with van der Waals surface area (Å²) in [5.41, 5.74) is 2.56. The van der Waals surface area contributed by atoms with Crippen molar-refractivity contribution in [1.29, 1.82) is 0 Å². The first kappa shape index (κ1) is 25.5. The zero-order valence-corrected chi connectivity index (χ0v) is 21.0. The fourth-order valence-electron chi connectivity index (χ4n) is 4.33. The van der Waals surface area contributed by atoms with Gasteiger partial charge in [-0.15, -0.1) is 0 Å². The van der Waals surface area contributed by atoms with Gasteiger partial charge >= 0.3 is 5.97 Å². The van der Waals surface area contributed by atoms with Crippen molar-refractivity contribution in [3.63, 3.8) is 0 Å².